The Bertz CT molecular complexity index is 991. The minimum atomic E-state index is -0.301. The number of hydrogen-bond acceptors (Lipinski definition) is 4. The molecule has 1 aromatic heterocycles. The Labute approximate surface area is 204 Å². The quantitative estimate of drug-likeness (QED) is 0.612. The summed E-state index contributed by atoms with van der Waals surface area (Å²) < 4.78 is 6.06. The summed E-state index contributed by atoms with van der Waals surface area (Å²) in [4.78, 5) is 33.1. The molecule has 1 aromatic carbocycles. The van der Waals surface area contributed by atoms with Crippen LogP contribution in [-0.4, -0.2) is 59.4 Å². The van der Waals surface area contributed by atoms with Crippen molar-refractivity contribution in [3.63, 3.8) is 0 Å². The molecular formula is C25H29Cl2N3O3. The lowest BCUT2D eigenvalue weighted by atomic mass is 9.77. The minimum absolute atomic E-state index is 0.0485. The van der Waals surface area contributed by atoms with E-state index in [1.165, 1.54) is 0 Å². The number of carbonyl (C=O) groups is 2. The Balaban J connectivity index is 1.50. The molecule has 8 heteroatoms. The third-order valence-electron chi connectivity index (χ3n) is 6.92. The van der Waals surface area contributed by atoms with Crippen molar-refractivity contribution in [3.05, 3.63) is 58.2 Å². The van der Waals surface area contributed by atoms with Crippen LogP contribution < -0.4 is 4.74 Å². The van der Waals surface area contributed by atoms with Gasteiger partial charge in [-0.15, -0.1) is 0 Å². The van der Waals surface area contributed by atoms with Gasteiger partial charge in [-0.25, -0.2) is 4.98 Å². The number of carbonyl (C=O) groups excluding carboxylic acids is 2. The number of ether oxygens (including phenoxy) is 1. The number of piperidine rings is 1. The molecular weight excluding hydrogens is 461 g/mol. The number of amides is 2. The molecule has 2 saturated heterocycles. The van der Waals surface area contributed by atoms with E-state index in [-0.39, 0.29) is 29.1 Å². The molecule has 2 unspecified atom stereocenters. The number of halogens is 2. The normalized spacial score (nSPS) is 23.6. The summed E-state index contributed by atoms with van der Waals surface area (Å²) >= 11 is 12.1. The van der Waals surface area contributed by atoms with Gasteiger partial charge in [0.1, 0.15) is 0 Å². The fraction of sp³-hybridized carbons (Fsp3) is 0.480. The predicted octanol–water partition coefficient (Wildman–Crippen LogP) is 4.66. The van der Waals surface area contributed by atoms with Crippen molar-refractivity contribution in [2.75, 3.05) is 32.8 Å². The molecule has 4 rings (SSSR count). The molecule has 176 valence electrons. The summed E-state index contributed by atoms with van der Waals surface area (Å²) in [6, 6.07) is 11.3. The van der Waals surface area contributed by atoms with Crippen LogP contribution in [-0.2, 0) is 9.59 Å². The molecule has 0 N–H and O–H groups in total. The molecule has 2 fully saturated rings. The van der Waals surface area contributed by atoms with E-state index < -0.39 is 0 Å². The Morgan fingerprint density at radius 2 is 1.73 bits per heavy atom. The minimum Gasteiger partial charge on any atom is -0.477 e. The lowest BCUT2D eigenvalue weighted by molar-refractivity contribution is -0.139. The molecule has 0 saturated carbocycles. The van der Waals surface area contributed by atoms with Crippen LogP contribution in [0, 0.1) is 11.3 Å². The van der Waals surface area contributed by atoms with Gasteiger partial charge in [-0.3, -0.25) is 9.59 Å². The van der Waals surface area contributed by atoms with E-state index in [0.717, 1.165) is 5.56 Å². The van der Waals surface area contributed by atoms with Crippen molar-refractivity contribution >= 4 is 35.0 Å². The molecule has 2 aromatic rings. The summed E-state index contributed by atoms with van der Waals surface area (Å²) in [6.07, 6.45) is 2.98. The predicted molar refractivity (Wildman–Crippen MR) is 129 cm³/mol. The number of nitrogens with zero attached hydrogens (tertiary/aromatic N) is 3. The fourth-order valence-electron chi connectivity index (χ4n) is 4.95. The third-order valence-corrected chi connectivity index (χ3v) is 7.40. The van der Waals surface area contributed by atoms with Crippen molar-refractivity contribution in [1.82, 2.24) is 14.8 Å². The number of benzene rings is 1. The first kappa shape index (κ1) is 23.8. The van der Waals surface area contributed by atoms with Gasteiger partial charge in [0.25, 0.3) is 0 Å². The molecule has 3 heterocycles. The summed E-state index contributed by atoms with van der Waals surface area (Å²) in [7, 11) is 0. The number of aromatic nitrogens is 1. The number of hydrogen-bond donors (Lipinski definition) is 0. The molecule has 0 spiro atoms. The van der Waals surface area contributed by atoms with E-state index in [9.17, 15) is 9.59 Å². The van der Waals surface area contributed by atoms with Crippen LogP contribution in [0.15, 0.2) is 42.6 Å². The summed E-state index contributed by atoms with van der Waals surface area (Å²) in [6.45, 7) is 6.67. The van der Waals surface area contributed by atoms with Crippen LogP contribution in [0.25, 0.3) is 0 Å². The van der Waals surface area contributed by atoms with Gasteiger partial charge in [0.2, 0.25) is 17.7 Å². The molecule has 2 atom stereocenters. The molecule has 0 aliphatic carbocycles. The molecule has 2 aliphatic heterocycles. The summed E-state index contributed by atoms with van der Waals surface area (Å²) in [5.41, 5.74) is 0.835. The average Bonchev–Trinajstić information content (AvgIpc) is 3.16. The highest BCUT2D eigenvalue weighted by atomic mass is 35.5. The zero-order chi connectivity index (χ0) is 23.6. The first-order valence-corrected chi connectivity index (χ1v) is 12.0. The monoisotopic (exact) mass is 489 g/mol. The lowest BCUT2D eigenvalue weighted by Gasteiger charge is -2.33. The summed E-state index contributed by atoms with van der Waals surface area (Å²) in [5, 5.41) is 1.24. The zero-order valence-corrected chi connectivity index (χ0v) is 20.5. The maximum Gasteiger partial charge on any atom is 0.225 e. The lowest BCUT2D eigenvalue weighted by Crippen LogP contribution is -2.44. The van der Waals surface area contributed by atoms with Crippen molar-refractivity contribution in [2.45, 2.75) is 32.6 Å². The Morgan fingerprint density at radius 1 is 1.06 bits per heavy atom. The van der Waals surface area contributed by atoms with Gasteiger partial charge < -0.3 is 14.5 Å². The zero-order valence-electron chi connectivity index (χ0n) is 19.0. The second kappa shape index (κ2) is 9.90. The molecule has 0 radical (unpaired) electrons. The third kappa shape index (κ3) is 5.44. The van der Waals surface area contributed by atoms with Crippen molar-refractivity contribution in [3.8, 4) is 5.88 Å². The van der Waals surface area contributed by atoms with Crippen LogP contribution in [0.1, 0.15) is 38.2 Å². The van der Waals surface area contributed by atoms with Gasteiger partial charge >= 0.3 is 0 Å². The first-order valence-electron chi connectivity index (χ1n) is 11.3. The van der Waals surface area contributed by atoms with Crippen molar-refractivity contribution in [1.29, 1.82) is 0 Å². The van der Waals surface area contributed by atoms with Gasteiger partial charge in [-0.1, -0.05) is 42.3 Å². The molecule has 6 nitrogen and oxygen atoms in total. The topological polar surface area (TPSA) is 62.7 Å². The van der Waals surface area contributed by atoms with E-state index in [2.05, 4.69) is 11.9 Å². The number of likely N-dealkylation sites (tertiary alicyclic amines) is 2. The Hall–Kier alpha value is -2.31. The number of pyridine rings is 1. The molecule has 0 bridgehead atoms. The van der Waals surface area contributed by atoms with Gasteiger partial charge in [-0.2, -0.15) is 0 Å². The standard InChI is InChI=1S/C25H29Cl2N3O3/c1-17(31)29-11-9-19(10-12-29)24(32)30-14-22(18-3-5-20(26)6-4-18)25(2,15-30)16-33-23-8-7-21(27)13-28-23/h3-8,13,19,22H,9-12,14-16H2,1-2H3. The van der Waals surface area contributed by atoms with E-state index in [1.54, 1.807) is 25.3 Å². The first-order chi connectivity index (χ1) is 15.7. The molecule has 2 aliphatic rings. The SMILES string of the molecule is CC(=O)N1CCC(C(=O)N2CC(c3ccc(Cl)cc3)C(C)(COc3ccc(Cl)cn3)C2)CC1. The van der Waals surface area contributed by atoms with Crippen LogP contribution >= 0.6 is 23.2 Å². The van der Waals surface area contributed by atoms with Crippen LogP contribution in [0.4, 0.5) is 0 Å². The smallest absolute Gasteiger partial charge is 0.225 e. The van der Waals surface area contributed by atoms with E-state index in [0.29, 0.717) is 61.6 Å². The molecule has 2 amide bonds. The van der Waals surface area contributed by atoms with Gasteiger partial charge in [0.15, 0.2) is 0 Å². The van der Waals surface area contributed by atoms with E-state index >= 15 is 0 Å². The van der Waals surface area contributed by atoms with E-state index in [4.69, 9.17) is 27.9 Å². The maximum absolute atomic E-state index is 13.4. The average molecular weight is 490 g/mol. The second-order valence-corrected chi connectivity index (χ2v) is 10.2. The van der Waals surface area contributed by atoms with Crippen molar-refractivity contribution in [2.24, 2.45) is 11.3 Å². The Morgan fingerprint density at radius 3 is 2.33 bits per heavy atom. The van der Waals surface area contributed by atoms with E-state index in [1.807, 2.05) is 34.1 Å². The second-order valence-electron chi connectivity index (χ2n) is 9.36. The van der Waals surface area contributed by atoms with Crippen LogP contribution in [0.2, 0.25) is 10.0 Å². The maximum atomic E-state index is 13.4. The number of rotatable bonds is 5. The van der Waals surface area contributed by atoms with Crippen molar-refractivity contribution < 1.29 is 14.3 Å². The Kier molecular flexibility index (Phi) is 7.15. The highest BCUT2D eigenvalue weighted by Crippen LogP contribution is 2.44. The van der Waals surface area contributed by atoms with Gasteiger partial charge in [0.05, 0.1) is 11.6 Å². The summed E-state index contributed by atoms with van der Waals surface area (Å²) in [5.74, 6) is 0.809. The van der Waals surface area contributed by atoms with Gasteiger partial charge in [0, 0.05) is 67.6 Å². The van der Waals surface area contributed by atoms with Crippen LogP contribution in [0.3, 0.4) is 0 Å². The highest BCUT2D eigenvalue weighted by molar-refractivity contribution is 6.30. The van der Waals surface area contributed by atoms with Crippen LogP contribution in [0.5, 0.6) is 5.88 Å². The van der Waals surface area contributed by atoms with Gasteiger partial charge in [-0.05, 0) is 36.6 Å². The fourth-order valence-corrected chi connectivity index (χ4v) is 5.19. The molecule has 33 heavy (non-hydrogen) atoms. The highest BCUT2D eigenvalue weighted by Gasteiger charge is 2.47. The largest absolute Gasteiger partial charge is 0.477 e.